The number of phenols is 1. The molecular weight excluding hydrogens is 354 g/mol. The summed E-state index contributed by atoms with van der Waals surface area (Å²) in [5.41, 5.74) is 3.13. The van der Waals surface area contributed by atoms with E-state index in [2.05, 4.69) is 23.1 Å². The monoisotopic (exact) mass is 371 g/mol. The van der Waals surface area contributed by atoms with E-state index in [1.807, 2.05) is 29.6 Å². The van der Waals surface area contributed by atoms with Crippen LogP contribution in [0.4, 0.5) is 0 Å². The number of ether oxygens (including phenoxy) is 1. The number of aromatic hydroxyl groups is 1. The minimum atomic E-state index is 0.209. The van der Waals surface area contributed by atoms with E-state index in [0.717, 1.165) is 39.7 Å². The van der Waals surface area contributed by atoms with Crippen LogP contribution in [0.25, 0.3) is 10.4 Å². The van der Waals surface area contributed by atoms with Crippen LogP contribution >= 0.6 is 22.9 Å². The predicted octanol–water partition coefficient (Wildman–Crippen LogP) is 5.17. The van der Waals surface area contributed by atoms with E-state index in [1.54, 1.807) is 17.4 Å². The Morgan fingerprint density at radius 1 is 1.16 bits per heavy atom. The van der Waals surface area contributed by atoms with E-state index >= 15 is 0 Å². The lowest BCUT2D eigenvalue weighted by Gasteiger charge is -2.20. The van der Waals surface area contributed by atoms with Gasteiger partial charge in [-0.1, -0.05) is 35.9 Å². The average molecular weight is 372 g/mol. The standard InChI is InChI=1S/C20H18ClNO2S/c21-17-5-2-1-4-14(17)12-22-7-8-24-20-16(13-22)10-15(11-18(20)23)19-6-3-9-25-19/h1-6,9-11,23H,7-8,12-13H2. The normalized spacial score (nSPS) is 14.6. The second-order valence-electron chi connectivity index (χ2n) is 6.11. The van der Waals surface area contributed by atoms with Gasteiger partial charge in [0.05, 0.1) is 0 Å². The second kappa shape index (κ2) is 7.08. The number of hydrogen-bond acceptors (Lipinski definition) is 4. The zero-order valence-electron chi connectivity index (χ0n) is 13.6. The lowest BCUT2D eigenvalue weighted by molar-refractivity contribution is 0.217. The van der Waals surface area contributed by atoms with Crippen LogP contribution in [-0.4, -0.2) is 23.2 Å². The molecule has 3 nitrogen and oxygen atoms in total. The molecule has 0 saturated carbocycles. The highest BCUT2D eigenvalue weighted by atomic mass is 35.5. The van der Waals surface area contributed by atoms with Crippen molar-refractivity contribution in [2.45, 2.75) is 13.1 Å². The van der Waals surface area contributed by atoms with E-state index in [1.165, 1.54) is 0 Å². The van der Waals surface area contributed by atoms with Crippen LogP contribution in [0, 0.1) is 0 Å². The third kappa shape index (κ3) is 3.52. The molecule has 1 aliphatic heterocycles. The van der Waals surface area contributed by atoms with E-state index in [4.69, 9.17) is 16.3 Å². The molecule has 1 aliphatic rings. The van der Waals surface area contributed by atoms with Gasteiger partial charge in [-0.05, 0) is 40.8 Å². The minimum Gasteiger partial charge on any atom is -0.504 e. The number of thiophene rings is 1. The van der Waals surface area contributed by atoms with Crippen LogP contribution in [0.2, 0.25) is 5.02 Å². The largest absolute Gasteiger partial charge is 0.504 e. The van der Waals surface area contributed by atoms with Crippen molar-refractivity contribution >= 4 is 22.9 Å². The van der Waals surface area contributed by atoms with E-state index in [9.17, 15) is 5.11 Å². The zero-order valence-corrected chi connectivity index (χ0v) is 15.2. The molecule has 3 aromatic rings. The topological polar surface area (TPSA) is 32.7 Å². The molecule has 1 aromatic heterocycles. The van der Waals surface area contributed by atoms with Crippen LogP contribution in [0.1, 0.15) is 11.1 Å². The quantitative estimate of drug-likeness (QED) is 0.689. The van der Waals surface area contributed by atoms with Crippen molar-refractivity contribution < 1.29 is 9.84 Å². The molecule has 25 heavy (non-hydrogen) atoms. The van der Waals surface area contributed by atoms with Gasteiger partial charge in [-0.25, -0.2) is 0 Å². The maximum Gasteiger partial charge on any atom is 0.165 e. The van der Waals surface area contributed by atoms with Gasteiger partial charge in [-0.15, -0.1) is 11.3 Å². The molecule has 0 saturated heterocycles. The third-order valence-corrected chi connectivity index (χ3v) is 5.64. The van der Waals surface area contributed by atoms with E-state index < -0.39 is 0 Å². The first-order valence-corrected chi connectivity index (χ1v) is 9.45. The third-order valence-electron chi connectivity index (χ3n) is 4.35. The van der Waals surface area contributed by atoms with Crippen LogP contribution in [0.15, 0.2) is 53.9 Å². The summed E-state index contributed by atoms with van der Waals surface area (Å²) in [5.74, 6) is 0.808. The molecule has 2 aromatic carbocycles. The van der Waals surface area contributed by atoms with Crippen LogP contribution in [-0.2, 0) is 13.1 Å². The Hall–Kier alpha value is -2.01. The van der Waals surface area contributed by atoms with Crippen molar-refractivity contribution in [3.05, 3.63) is 70.1 Å². The summed E-state index contributed by atoms with van der Waals surface area (Å²) in [4.78, 5) is 3.44. The molecule has 0 fully saturated rings. The molecule has 0 aliphatic carbocycles. The molecule has 0 spiro atoms. The van der Waals surface area contributed by atoms with Gasteiger partial charge in [0.25, 0.3) is 0 Å². The molecule has 4 rings (SSSR count). The Labute approximate surface area is 156 Å². The van der Waals surface area contributed by atoms with Gasteiger partial charge in [0.1, 0.15) is 6.61 Å². The van der Waals surface area contributed by atoms with Crippen molar-refractivity contribution in [3.63, 3.8) is 0 Å². The molecule has 0 atom stereocenters. The van der Waals surface area contributed by atoms with Gasteiger partial charge in [-0.3, -0.25) is 4.90 Å². The molecule has 0 unspecified atom stereocenters. The lowest BCUT2D eigenvalue weighted by atomic mass is 10.1. The van der Waals surface area contributed by atoms with Crippen molar-refractivity contribution in [3.8, 4) is 21.9 Å². The number of phenolic OH excluding ortho intramolecular Hbond substituents is 1. The molecule has 2 heterocycles. The summed E-state index contributed by atoms with van der Waals surface area (Å²) in [6, 6.07) is 15.9. The van der Waals surface area contributed by atoms with Crippen molar-refractivity contribution in [2.75, 3.05) is 13.2 Å². The summed E-state index contributed by atoms with van der Waals surface area (Å²) in [7, 11) is 0. The van der Waals surface area contributed by atoms with Crippen molar-refractivity contribution in [1.82, 2.24) is 4.90 Å². The Kier molecular flexibility index (Phi) is 4.66. The first kappa shape index (κ1) is 16.5. The van der Waals surface area contributed by atoms with Crippen molar-refractivity contribution in [2.24, 2.45) is 0 Å². The zero-order chi connectivity index (χ0) is 17.2. The fraction of sp³-hybridized carbons (Fsp3) is 0.200. The SMILES string of the molecule is Oc1cc(-c2cccs2)cc2c1OCCN(Cc1ccccc1Cl)C2. The first-order valence-electron chi connectivity index (χ1n) is 8.19. The van der Waals surface area contributed by atoms with Crippen LogP contribution in [0.3, 0.4) is 0 Å². The summed E-state index contributed by atoms with van der Waals surface area (Å²) in [6.07, 6.45) is 0. The van der Waals surface area contributed by atoms with Gasteiger partial charge < -0.3 is 9.84 Å². The molecule has 1 N–H and O–H groups in total. The summed E-state index contributed by atoms with van der Waals surface area (Å²) >= 11 is 7.97. The van der Waals surface area contributed by atoms with Gasteiger partial charge in [-0.2, -0.15) is 0 Å². The number of nitrogens with zero attached hydrogens (tertiary/aromatic N) is 1. The molecule has 128 valence electrons. The molecule has 0 amide bonds. The Bertz CT molecular complexity index is 879. The van der Waals surface area contributed by atoms with Gasteiger partial charge in [0.15, 0.2) is 11.5 Å². The average Bonchev–Trinajstić information content (AvgIpc) is 3.05. The van der Waals surface area contributed by atoms with E-state index in [-0.39, 0.29) is 5.75 Å². The maximum absolute atomic E-state index is 10.4. The Balaban J connectivity index is 1.64. The number of hydrogen-bond donors (Lipinski definition) is 1. The Morgan fingerprint density at radius 3 is 2.84 bits per heavy atom. The van der Waals surface area contributed by atoms with Gasteiger partial charge in [0, 0.05) is 35.1 Å². The minimum absolute atomic E-state index is 0.209. The van der Waals surface area contributed by atoms with E-state index in [0.29, 0.717) is 18.9 Å². The molecule has 5 heteroatoms. The van der Waals surface area contributed by atoms with Crippen molar-refractivity contribution in [1.29, 1.82) is 0 Å². The smallest absolute Gasteiger partial charge is 0.165 e. The molecular formula is C20H18ClNO2S. The first-order chi connectivity index (χ1) is 12.2. The highest BCUT2D eigenvalue weighted by Crippen LogP contribution is 2.39. The maximum atomic E-state index is 10.4. The summed E-state index contributed by atoms with van der Waals surface area (Å²) < 4.78 is 5.83. The number of fused-ring (bicyclic) bond motifs is 1. The number of rotatable bonds is 3. The summed E-state index contributed by atoms with van der Waals surface area (Å²) in [5, 5.41) is 13.2. The predicted molar refractivity (Wildman–Crippen MR) is 102 cm³/mol. The van der Waals surface area contributed by atoms with Crippen LogP contribution in [0.5, 0.6) is 11.5 Å². The highest BCUT2D eigenvalue weighted by Gasteiger charge is 2.20. The fourth-order valence-corrected chi connectivity index (χ4v) is 4.05. The second-order valence-corrected chi connectivity index (χ2v) is 7.47. The Morgan fingerprint density at radius 2 is 2.04 bits per heavy atom. The number of halogens is 1. The summed E-state index contributed by atoms with van der Waals surface area (Å²) in [6.45, 7) is 2.80. The molecule has 0 bridgehead atoms. The lowest BCUT2D eigenvalue weighted by Crippen LogP contribution is -2.25. The van der Waals surface area contributed by atoms with Crippen LogP contribution < -0.4 is 4.74 Å². The highest BCUT2D eigenvalue weighted by molar-refractivity contribution is 7.13. The van der Waals surface area contributed by atoms with Gasteiger partial charge >= 0.3 is 0 Å². The fourth-order valence-electron chi connectivity index (χ4n) is 3.14. The number of benzene rings is 2. The van der Waals surface area contributed by atoms with Gasteiger partial charge in [0.2, 0.25) is 0 Å². The molecule has 0 radical (unpaired) electrons.